The van der Waals surface area contributed by atoms with Crippen molar-refractivity contribution >= 4 is 5.91 Å². The minimum Gasteiger partial charge on any atom is -0.338 e. The largest absolute Gasteiger partial charge is 0.338 e. The van der Waals surface area contributed by atoms with E-state index in [-0.39, 0.29) is 5.91 Å². The summed E-state index contributed by atoms with van der Waals surface area (Å²) in [6.45, 7) is 3.22. The normalized spacial score (nSPS) is 29.8. The van der Waals surface area contributed by atoms with Crippen LogP contribution in [0.5, 0.6) is 0 Å². The third-order valence-electron chi connectivity index (χ3n) is 7.01. The van der Waals surface area contributed by atoms with Crippen LogP contribution in [0.25, 0.3) is 0 Å². The molecule has 134 valence electrons. The number of hydrogen-bond donors (Lipinski definition) is 0. The van der Waals surface area contributed by atoms with Crippen molar-refractivity contribution < 1.29 is 4.79 Å². The molecule has 25 heavy (non-hydrogen) atoms. The van der Waals surface area contributed by atoms with Gasteiger partial charge in [0.15, 0.2) is 0 Å². The third-order valence-corrected chi connectivity index (χ3v) is 7.01. The second-order valence-electron chi connectivity index (χ2n) is 8.67. The first-order valence-electron chi connectivity index (χ1n) is 10.5. The number of rotatable bonds is 2. The van der Waals surface area contributed by atoms with Crippen LogP contribution in [0.3, 0.4) is 0 Å². The van der Waals surface area contributed by atoms with Gasteiger partial charge in [-0.3, -0.25) is 9.69 Å². The molecule has 2 saturated heterocycles. The number of piperidine rings is 2. The first-order valence-corrected chi connectivity index (χ1v) is 10.5. The van der Waals surface area contributed by atoms with Crippen LogP contribution in [-0.4, -0.2) is 47.4 Å². The number of nitrogens with zero attached hydrogens (tertiary/aromatic N) is 2. The van der Waals surface area contributed by atoms with E-state index >= 15 is 0 Å². The van der Waals surface area contributed by atoms with Crippen molar-refractivity contribution in [3.8, 4) is 0 Å². The zero-order valence-corrected chi connectivity index (χ0v) is 15.3. The van der Waals surface area contributed by atoms with Crippen LogP contribution < -0.4 is 0 Å². The van der Waals surface area contributed by atoms with E-state index in [1.54, 1.807) is 0 Å². The van der Waals surface area contributed by atoms with E-state index in [1.165, 1.54) is 69.0 Å². The predicted octanol–water partition coefficient (Wildman–Crippen LogP) is 3.65. The Hall–Kier alpha value is -1.35. The summed E-state index contributed by atoms with van der Waals surface area (Å²) in [4.78, 5) is 18.0. The smallest absolute Gasteiger partial charge is 0.253 e. The van der Waals surface area contributed by atoms with E-state index < -0.39 is 0 Å². The van der Waals surface area contributed by atoms with Gasteiger partial charge in [-0.2, -0.15) is 0 Å². The highest BCUT2D eigenvalue weighted by Gasteiger charge is 2.42. The van der Waals surface area contributed by atoms with Crippen molar-refractivity contribution in [2.45, 2.75) is 69.9 Å². The Kier molecular flexibility index (Phi) is 4.08. The SMILES string of the molecule is O=C(c1ccc2c(c1)CCCC2)N1CC[C@@H]2[C@H](CCCN2C2CC2)C1. The summed E-state index contributed by atoms with van der Waals surface area (Å²) in [5.41, 5.74) is 3.81. The Morgan fingerprint density at radius 3 is 2.60 bits per heavy atom. The molecule has 0 aromatic heterocycles. The standard InChI is InChI=1S/C22H30N2O/c25-22(18-8-7-16-4-1-2-5-17(16)14-18)23-13-11-21-19(15-23)6-3-12-24(21)20-9-10-20/h7-8,14,19-21H,1-6,9-13,15H2/t19-,21-/m1/s1. The van der Waals surface area contributed by atoms with Gasteiger partial charge in [-0.05, 0) is 93.5 Å². The van der Waals surface area contributed by atoms with E-state index in [0.717, 1.165) is 37.2 Å². The van der Waals surface area contributed by atoms with Crippen LogP contribution in [0.4, 0.5) is 0 Å². The van der Waals surface area contributed by atoms with Crippen LogP contribution in [0.1, 0.15) is 66.4 Å². The Morgan fingerprint density at radius 1 is 0.920 bits per heavy atom. The van der Waals surface area contributed by atoms with Crippen LogP contribution in [0, 0.1) is 5.92 Å². The predicted molar refractivity (Wildman–Crippen MR) is 99.8 cm³/mol. The number of carbonyl (C=O) groups is 1. The molecule has 2 aliphatic heterocycles. The first kappa shape index (κ1) is 15.9. The quantitative estimate of drug-likeness (QED) is 0.822. The molecule has 0 N–H and O–H groups in total. The lowest BCUT2D eigenvalue weighted by molar-refractivity contribution is 0.0174. The molecule has 0 bridgehead atoms. The Balaban J connectivity index is 1.30. The molecule has 1 aromatic carbocycles. The molecule has 1 amide bonds. The molecule has 4 aliphatic rings. The van der Waals surface area contributed by atoms with Crippen LogP contribution in [-0.2, 0) is 12.8 Å². The average molecular weight is 338 g/mol. The molecular weight excluding hydrogens is 308 g/mol. The van der Waals surface area contributed by atoms with Crippen molar-refractivity contribution in [1.82, 2.24) is 9.80 Å². The first-order chi connectivity index (χ1) is 12.3. The van der Waals surface area contributed by atoms with E-state index in [2.05, 4.69) is 28.0 Å². The maximum atomic E-state index is 13.1. The second-order valence-corrected chi connectivity index (χ2v) is 8.67. The van der Waals surface area contributed by atoms with Gasteiger partial charge in [-0.1, -0.05) is 6.07 Å². The number of likely N-dealkylation sites (tertiary alicyclic amines) is 2. The molecule has 0 radical (unpaired) electrons. The number of fused-ring (bicyclic) bond motifs is 2. The van der Waals surface area contributed by atoms with Gasteiger partial charge < -0.3 is 4.90 Å². The average Bonchev–Trinajstić information content (AvgIpc) is 3.51. The number of hydrogen-bond acceptors (Lipinski definition) is 2. The lowest BCUT2D eigenvalue weighted by Gasteiger charge is -2.47. The highest BCUT2D eigenvalue weighted by atomic mass is 16.2. The van der Waals surface area contributed by atoms with E-state index in [1.807, 2.05) is 0 Å². The summed E-state index contributed by atoms with van der Waals surface area (Å²) < 4.78 is 0. The number of benzene rings is 1. The summed E-state index contributed by atoms with van der Waals surface area (Å²) in [5.74, 6) is 0.972. The molecule has 0 unspecified atom stereocenters. The van der Waals surface area contributed by atoms with Crippen LogP contribution in [0.2, 0.25) is 0 Å². The Morgan fingerprint density at radius 2 is 1.76 bits per heavy atom. The van der Waals surface area contributed by atoms with Gasteiger partial charge in [-0.15, -0.1) is 0 Å². The van der Waals surface area contributed by atoms with Gasteiger partial charge >= 0.3 is 0 Å². The molecule has 0 spiro atoms. The maximum absolute atomic E-state index is 13.1. The number of carbonyl (C=O) groups excluding carboxylic acids is 1. The second kappa shape index (κ2) is 6.42. The van der Waals surface area contributed by atoms with Crippen LogP contribution in [0.15, 0.2) is 18.2 Å². The zero-order valence-electron chi connectivity index (χ0n) is 15.3. The highest BCUT2D eigenvalue weighted by Crippen LogP contribution is 2.38. The fraction of sp³-hybridized carbons (Fsp3) is 0.682. The molecule has 1 aromatic rings. The zero-order chi connectivity index (χ0) is 16.8. The molecule has 2 heterocycles. The van der Waals surface area contributed by atoms with E-state index in [9.17, 15) is 4.79 Å². The molecule has 2 atom stereocenters. The fourth-order valence-corrected chi connectivity index (χ4v) is 5.54. The fourth-order valence-electron chi connectivity index (χ4n) is 5.54. The molecule has 3 nitrogen and oxygen atoms in total. The minimum absolute atomic E-state index is 0.273. The summed E-state index contributed by atoms with van der Waals surface area (Å²) >= 11 is 0. The van der Waals surface area contributed by atoms with E-state index in [4.69, 9.17) is 0 Å². The minimum atomic E-state index is 0.273. The topological polar surface area (TPSA) is 23.6 Å². The maximum Gasteiger partial charge on any atom is 0.253 e. The molecule has 5 rings (SSSR count). The van der Waals surface area contributed by atoms with Crippen LogP contribution >= 0.6 is 0 Å². The lowest BCUT2D eigenvalue weighted by Crippen LogP contribution is -2.55. The van der Waals surface area contributed by atoms with Gasteiger partial charge in [0.1, 0.15) is 0 Å². The van der Waals surface area contributed by atoms with Crippen molar-refractivity contribution in [3.05, 3.63) is 34.9 Å². The lowest BCUT2D eigenvalue weighted by atomic mass is 9.83. The monoisotopic (exact) mass is 338 g/mol. The highest BCUT2D eigenvalue weighted by molar-refractivity contribution is 5.94. The Labute approximate surface area is 151 Å². The third kappa shape index (κ3) is 3.01. The molecule has 1 saturated carbocycles. The van der Waals surface area contributed by atoms with Crippen molar-refractivity contribution in [2.75, 3.05) is 19.6 Å². The molecule has 3 heteroatoms. The van der Waals surface area contributed by atoms with Crippen molar-refractivity contribution in [1.29, 1.82) is 0 Å². The summed E-state index contributed by atoms with van der Waals surface area (Å²) in [6, 6.07) is 8.10. The van der Waals surface area contributed by atoms with Gasteiger partial charge in [0, 0.05) is 30.7 Å². The van der Waals surface area contributed by atoms with Gasteiger partial charge in [0.05, 0.1) is 0 Å². The molecular formula is C22H30N2O. The summed E-state index contributed by atoms with van der Waals surface area (Å²) in [6.07, 6.45) is 11.5. The van der Waals surface area contributed by atoms with Crippen molar-refractivity contribution in [3.63, 3.8) is 0 Å². The Bertz CT molecular complexity index is 666. The molecule has 2 aliphatic carbocycles. The van der Waals surface area contributed by atoms with Gasteiger partial charge in [0.2, 0.25) is 0 Å². The molecule has 3 fully saturated rings. The number of amides is 1. The van der Waals surface area contributed by atoms with E-state index in [0.29, 0.717) is 5.92 Å². The summed E-state index contributed by atoms with van der Waals surface area (Å²) in [7, 11) is 0. The summed E-state index contributed by atoms with van der Waals surface area (Å²) in [5, 5.41) is 0. The van der Waals surface area contributed by atoms with Gasteiger partial charge in [-0.25, -0.2) is 0 Å². The number of aryl methyl sites for hydroxylation is 2. The van der Waals surface area contributed by atoms with Gasteiger partial charge in [0.25, 0.3) is 5.91 Å². The van der Waals surface area contributed by atoms with Crippen molar-refractivity contribution in [2.24, 2.45) is 5.92 Å².